The van der Waals surface area contributed by atoms with Crippen LogP contribution in [-0.4, -0.2) is 5.78 Å². The maximum absolute atomic E-state index is 12.2. The summed E-state index contributed by atoms with van der Waals surface area (Å²) in [6.45, 7) is 6.53. The number of benzene rings is 2. The largest absolute Gasteiger partial charge is 0.294 e. The smallest absolute Gasteiger partial charge is 0.163 e. The normalized spacial score (nSPS) is 16.8. The standard InChI is InChI=1S/C21H22O/c1-15-4-6-16(7-5-15)8-9-17-10-11-19-18(14-17)20(22)12-13-21(19,2)3/h4-11,14H,12-13H2,1-3H3/b9-8+. The van der Waals surface area contributed by atoms with E-state index >= 15 is 0 Å². The molecule has 0 amide bonds. The molecule has 0 radical (unpaired) electrons. The molecule has 0 saturated heterocycles. The van der Waals surface area contributed by atoms with Crippen LogP contribution >= 0.6 is 0 Å². The van der Waals surface area contributed by atoms with Crippen LogP contribution in [0.25, 0.3) is 12.2 Å². The fourth-order valence-corrected chi connectivity index (χ4v) is 3.05. The van der Waals surface area contributed by atoms with Gasteiger partial charge in [0, 0.05) is 12.0 Å². The van der Waals surface area contributed by atoms with Gasteiger partial charge in [0.05, 0.1) is 0 Å². The minimum Gasteiger partial charge on any atom is -0.294 e. The van der Waals surface area contributed by atoms with E-state index in [0.29, 0.717) is 6.42 Å². The lowest BCUT2D eigenvalue weighted by molar-refractivity contribution is 0.0956. The molecule has 22 heavy (non-hydrogen) atoms. The third-order valence-corrected chi connectivity index (χ3v) is 4.60. The van der Waals surface area contributed by atoms with Crippen molar-refractivity contribution in [2.24, 2.45) is 0 Å². The molecule has 1 nitrogen and oxygen atoms in total. The summed E-state index contributed by atoms with van der Waals surface area (Å²) in [5.41, 5.74) is 5.72. The molecule has 0 atom stereocenters. The highest BCUT2D eigenvalue weighted by Gasteiger charge is 2.31. The second-order valence-electron chi connectivity index (χ2n) is 6.86. The second kappa shape index (κ2) is 5.57. The van der Waals surface area contributed by atoms with E-state index in [4.69, 9.17) is 0 Å². The van der Waals surface area contributed by atoms with E-state index in [2.05, 4.69) is 69.3 Å². The lowest BCUT2D eigenvalue weighted by atomic mass is 9.72. The minimum absolute atomic E-state index is 0.0996. The monoisotopic (exact) mass is 290 g/mol. The molecule has 3 rings (SSSR count). The van der Waals surface area contributed by atoms with Gasteiger partial charge in [0.25, 0.3) is 0 Å². The van der Waals surface area contributed by atoms with Crippen molar-refractivity contribution in [3.05, 3.63) is 70.3 Å². The maximum atomic E-state index is 12.2. The van der Waals surface area contributed by atoms with Crippen LogP contribution in [0.4, 0.5) is 0 Å². The molecule has 1 aliphatic rings. The molecule has 0 aliphatic heterocycles. The SMILES string of the molecule is Cc1ccc(/C=C/c2ccc3c(c2)C(=O)CCC3(C)C)cc1. The van der Waals surface area contributed by atoms with Crippen LogP contribution in [0.5, 0.6) is 0 Å². The van der Waals surface area contributed by atoms with Crippen molar-refractivity contribution in [3.8, 4) is 0 Å². The fraction of sp³-hybridized carbons (Fsp3) is 0.286. The van der Waals surface area contributed by atoms with E-state index < -0.39 is 0 Å². The Morgan fingerprint density at radius 3 is 2.32 bits per heavy atom. The topological polar surface area (TPSA) is 17.1 Å². The van der Waals surface area contributed by atoms with Gasteiger partial charge in [0.2, 0.25) is 0 Å². The number of carbonyl (C=O) groups excluding carboxylic acids is 1. The molecular weight excluding hydrogens is 268 g/mol. The van der Waals surface area contributed by atoms with Crippen LogP contribution in [0.15, 0.2) is 42.5 Å². The number of fused-ring (bicyclic) bond motifs is 1. The number of Topliss-reactive ketones (excluding diaryl/α,β-unsaturated/α-hetero) is 1. The molecule has 1 heteroatoms. The quantitative estimate of drug-likeness (QED) is 0.675. The Labute approximate surface area is 132 Å². The van der Waals surface area contributed by atoms with Crippen molar-refractivity contribution in [2.45, 2.75) is 39.0 Å². The van der Waals surface area contributed by atoms with Crippen molar-refractivity contribution < 1.29 is 4.79 Å². The summed E-state index contributed by atoms with van der Waals surface area (Å²) in [7, 11) is 0. The lowest BCUT2D eigenvalue weighted by Crippen LogP contribution is -2.27. The van der Waals surface area contributed by atoms with Gasteiger partial charge in [-0.1, -0.05) is 68.0 Å². The van der Waals surface area contributed by atoms with Crippen LogP contribution in [0, 0.1) is 6.92 Å². The Kier molecular flexibility index (Phi) is 3.74. The molecule has 2 aromatic rings. The van der Waals surface area contributed by atoms with Gasteiger partial charge in [-0.15, -0.1) is 0 Å². The molecule has 1 aliphatic carbocycles. The minimum atomic E-state index is 0.0996. The highest BCUT2D eigenvalue weighted by atomic mass is 16.1. The zero-order valence-corrected chi connectivity index (χ0v) is 13.5. The van der Waals surface area contributed by atoms with E-state index in [0.717, 1.165) is 17.5 Å². The summed E-state index contributed by atoms with van der Waals surface area (Å²) in [6, 6.07) is 14.7. The van der Waals surface area contributed by atoms with Gasteiger partial charge < -0.3 is 0 Å². The van der Waals surface area contributed by atoms with Crippen molar-refractivity contribution in [3.63, 3.8) is 0 Å². The lowest BCUT2D eigenvalue weighted by Gasteiger charge is -2.31. The predicted octanol–water partition coefficient (Wildman–Crippen LogP) is 5.42. The average molecular weight is 290 g/mol. The van der Waals surface area contributed by atoms with Crippen molar-refractivity contribution >= 4 is 17.9 Å². The van der Waals surface area contributed by atoms with Crippen LogP contribution in [0.3, 0.4) is 0 Å². The molecule has 0 N–H and O–H groups in total. The summed E-state index contributed by atoms with van der Waals surface area (Å²) < 4.78 is 0. The number of ketones is 1. The third kappa shape index (κ3) is 2.89. The number of aryl methyl sites for hydroxylation is 1. The first kappa shape index (κ1) is 14.8. The zero-order valence-electron chi connectivity index (χ0n) is 13.5. The second-order valence-corrected chi connectivity index (χ2v) is 6.86. The van der Waals surface area contributed by atoms with Crippen molar-refractivity contribution in [1.29, 1.82) is 0 Å². The molecular formula is C21H22O. The van der Waals surface area contributed by atoms with Gasteiger partial charge in [-0.2, -0.15) is 0 Å². The number of carbonyl (C=O) groups is 1. The Balaban J connectivity index is 1.92. The van der Waals surface area contributed by atoms with Gasteiger partial charge in [-0.3, -0.25) is 4.79 Å². The Bertz CT molecular complexity index is 733. The highest BCUT2D eigenvalue weighted by Crippen LogP contribution is 2.37. The summed E-state index contributed by atoms with van der Waals surface area (Å²) in [5, 5.41) is 0. The molecule has 112 valence electrons. The van der Waals surface area contributed by atoms with Gasteiger partial charge in [0.1, 0.15) is 0 Å². The van der Waals surface area contributed by atoms with Crippen molar-refractivity contribution in [2.75, 3.05) is 0 Å². The predicted molar refractivity (Wildman–Crippen MR) is 93.1 cm³/mol. The molecule has 0 spiro atoms. The summed E-state index contributed by atoms with van der Waals surface area (Å²) in [4.78, 5) is 12.2. The molecule has 0 saturated carbocycles. The van der Waals surface area contributed by atoms with E-state index in [1.807, 2.05) is 6.07 Å². The van der Waals surface area contributed by atoms with E-state index in [9.17, 15) is 4.79 Å². The maximum Gasteiger partial charge on any atom is 0.163 e. The fourth-order valence-electron chi connectivity index (χ4n) is 3.05. The van der Waals surface area contributed by atoms with Gasteiger partial charge in [0.15, 0.2) is 5.78 Å². The molecule has 0 bridgehead atoms. The summed E-state index contributed by atoms with van der Waals surface area (Å²) in [6.07, 6.45) is 5.78. The highest BCUT2D eigenvalue weighted by molar-refractivity contribution is 5.99. The van der Waals surface area contributed by atoms with Crippen LogP contribution in [0.1, 0.15) is 59.3 Å². The first-order chi connectivity index (χ1) is 10.5. The third-order valence-electron chi connectivity index (χ3n) is 4.60. The number of rotatable bonds is 2. The van der Waals surface area contributed by atoms with E-state index in [-0.39, 0.29) is 11.2 Å². The van der Waals surface area contributed by atoms with Gasteiger partial charge >= 0.3 is 0 Å². The Hall–Kier alpha value is -2.15. The molecule has 0 unspecified atom stereocenters. The van der Waals surface area contributed by atoms with Crippen molar-refractivity contribution in [1.82, 2.24) is 0 Å². The summed E-state index contributed by atoms with van der Waals surface area (Å²) in [5.74, 6) is 0.278. The molecule has 0 aromatic heterocycles. The van der Waals surface area contributed by atoms with Crippen LogP contribution in [-0.2, 0) is 5.41 Å². The molecule has 0 heterocycles. The molecule has 2 aromatic carbocycles. The molecule has 0 fully saturated rings. The van der Waals surface area contributed by atoms with E-state index in [1.54, 1.807) is 0 Å². The summed E-state index contributed by atoms with van der Waals surface area (Å²) >= 11 is 0. The van der Waals surface area contributed by atoms with Crippen LogP contribution in [0.2, 0.25) is 0 Å². The Morgan fingerprint density at radius 2 is 1.59 bits per heavy atom. The van der Waals surface area contributed by atoms with Crippen LogP contribution < -0.4 is 0 Å². The Morgan fingerprint density at radius 1 is 0.955 bits per heavy atom. The number of hydrogen-bond acceptors (Lipinski definition) is 1. The van der Waals surface area contributed by atoms with Gasteiger partial charge in [-0.25, -0.2) is 0 Å². The first-order valence-electron chi connectivity index (χ1n) is 7.88. The zero-order chi connectivity index (χ0) is 15.7. The average Bonchev–Trinajstić information content (AvgIpc) is 2.51. The van der Waals surface area contributed by atoms with Gasteiger partial charge in [-0.05, 0) is 41.5 Å². The first-order valence-corrected chi connectivity index (χ1v) is 7.88. The van der Waals surface area contributed by atoms with E-state index in [1.165, 1.54) is 16.7 Å². The number of hydrogen-bond donors (Lipinski definition) is 0.